The van der Waals surface area contributed by atoms with Crippen molar-refractivity contribution in [1.29, 1.82) is 5.26 Å². The van der Waals surface area contributed by atoms with E-state index in [1.165, 1.54) is 19.1 Å². The topological polar surface area (TPSA) is 107 Å². The van der Waals surface area contributed by atoms with Gasteiger partial charge in [0.15, 0.2) is 0 Å². The molecule has 0 aliphatic heterocycles. The monoisotopic (exact) mass is 358 g/mol. The molecular formula is C18H18N2O4S. The molecule has 1 atom stereocenters. The average Bonchev–Trinajstić information content (AvgIpc) is 2.55. The number of hydrogen-bond donors (Lipinski definition) is 2. The van der Waals surface area contributed by atoms with E-state index >= 15 is 0 Å². The third-order valence-electron chi connectivity index (χ3n) is 3.80. The zero-order valence-corrected chi connectivity index (χ0v) is 14.7. The van der Waals surface area contributed by atoms with Gasteiger partial charge >= 0.3 is 5.97 Å². The van der Waals surface area contributed by atoms with Crippen LogP contribution in [0.5, 0.6) is 0 Å². The summed E-state index contributed by atoms with van der Waals surface area (Å²) in [6.45, 7) is 3.15. The molecule has 130 valence electrons. The summed E-state index contributed by atoms with van der Waals surface area (Å²) in [5.41, 5.74) is 0.228. The Hall–Kier alpha value is -2.69. The Labute approximate surface area is 146 Å². The first-order valence-electron chi connectivity index (χ1n) is 7.49. The van der Waals surface area contributed by atoms with E-state index in [2.05, 4.69) is 4.72 Å². The highest BCUT2D eigenvalue weighted by atomic mass is 32.2. The number of carboxylic acids is 1. The van der Waals surface area contributed by atoms with Crippen molar-refractivity contribution in [1.82, 2.24) is 4.72 Å². The molecule has 0 saturated heterocycles. The molecule has 0 aliphatic carbocycles. The number of rotatable bonds is 6. The van der Waals surface area contributed by atoms with Gasteiger partial charge in [0.2, 0.25) is 10.0 Å². The van der Waals surface area contributed by atoms with Crippen molar-refractivity contribution in [3.63, 3.8) is 0 Å². The predicted octanol–water partition coefficient (Wildman–Crippen LogP) is 2.23. The third kappa shape index (κ3) is 4.44. The van der Waals surface area contributed by atoms with E-state index in [0.717, 1.165) is 5.56 Å². The van der Waals surface area contributed by atoms with Crippen molar-refractivity contribution in [2.24, 2.45) is 0 Å². The number of carboxylic acid groups (broad SMARTS) is 1. The molecule has 0 radical (unpaired) electrons. The Morgan fingerprint density at radius 2 is 1.72 bits per heavy atom. The summed E-state index contributed by atoms with van der Waals surface area (Å²) in [7, 11) is -4.00. The molecule has 2 aromatic rings. The molecule has 2 rings (SSSR count). The van der Waals surface area contributed by atoms with Crippen LogP contribution in [-0.4, -0.2) is 25.0 Å². The van der Waals surface area contributed by atoms with E-state index in [4.69, 9.17) is 5.26 Å². The van der Waals surface area contributed by atoms with Gasteiger partial charge in [0.1, 0.15) is 5.54 Å². The fourth-order valence-corrected chi connectivity index (χ4v) is 3.70. The summed E-state index contributed by atoms with van der Waals surface area (Å²) in [4.78, 5) is 11.7. The zero-order valence-electron chi connectivity index (χ0n) is 13.9. The van der Waals surface area contributed by atoms with Gasteiger partial charge < -0.3 is 5.11 Å². The second-order valence-corrected chi connectivity index (χ2v) is 7.72. The third-order valence-corrected chi connectivity index (χ3v) is 5.42. The van der Waals surface area contributed by atoms with Crippen LogP contribution < -0.4 is 4.72 Å². The van der Waals surface area contributed by atoms with Crippen LogP contribution in [0.4, 0.5) is 0 Å². The molecule has 2 N–H and O–H groups in total. The molecular weight excluding hydrogens is 340 g/mol. The second-order valence-electron chi connectivity index (χ2n) is 6.04. The van der Waals surface area contributed by atoms with Crippen molar-refractivity contribution in [3.8, 4) is 6.07 Å². The van der Waals surface area contributed by atoms with Crippen molar-refractivity contribution < 1.29 is 18.3 Å². The molecule has 0 aromatic heterocycles. The standard InChI is InChI=1S/C18H18N2O4S/c1-13-3-9-16(10-4-13)25(23,24)20-18(2,17(21)22)11-14-5-7-15(12-19)8-6-14/h3-10,20H,11H2,1-2H3,(H,21,22)/t18-/m0/s1. The maximum absolute atomic E-state index is 12.5. The van der Waals surface area contributed by atoms with Crippen molar-refractivity contribution in [3.05, 3.63) is 65.2 Å². The normalized spacial score (nSPS) is 13.6. The second kappa shape index (κ2) is 7.05. The van der Waals surface area contributed by atoms with Gasteiger partial charge in [-0.2, -0.15) is 9.98 Å². The highest BCUT2D eigenvalue weighted by molar-refractivity contribution is 7.89. The highest BCUT2D eigenvalue weighted by Crippen LogP contribution is 2.19. The number of benzene rings is 2. The molecule has 7 heteroatoms. The van der Waals surface area contributed by atoms with Gasteiger partial charge in [-0.15, -0.1) is 0 Å². The quantitative estimate of drug-likeness (QED) is 0.823. The predicted molar refractivity (Wildman–Crippen MR) is 92.4 cm³/mol. The molecule has 6 nitrogen and oxygen atoms in total. The number of carbonyl (C=O) groups is 1. The Kier molecular flexibility index (Phi) is 5.26. The van der Waals surface area contributed by atoms with Gasteiger partial charge in [0, 0.05) is 6.42 Å². The van der Waals surface area contributed by atoms with Gasteiger partial charge in [-0.05, 0) is 43.7 Å². The lowest BCUT2D eigenvalue weighted by Crippen LogP contribution is -2.53. The maximum Gasteiger partial charge on any atom is 0.324 e. The number of aliphatic carboxylic acids is 1. The van der Waals surface area contributed by atoms with Crippen LogP contribution in [-0.2, 0) is 21.2 Å². The number of hydrogen-bond acceptors (Lipinski definition) is 4. The molecule has 0 bridgehead atoms. The number of nitrogens with zero attached hydrogens (tertiary/aromatic N) is 1. The minimum atomic E-state index is -4.00. The number of nitrogens with one attached hydrogen (secondary N) is 1. The Morgan fingerprint density at radius 3 is 2.20 bits per heavy atom. The van der Waals surface area contributed by atoms with Crippen LogP contribution in [0.25, 0.3) is 0 Å². The van der Waals surface area contributed by atoms with Crippen molar-refractivity contribution in [2.75, 3.05) is 0 Å². The molecule has 0 aliphatic rings. The first kappa shape index (κ1) is 18.6. The van der Waals surface area contributed by atoms with Crippen molar-refractivity contribution >= 4 is 16.0 Å². The number of sulfonamides is 1. The van der Waals surface area contributed by atoms with Gasteiger partial charge in [-0.1, -0.05) is 29.8 Å². The molecule has 0 amide bonds. The molecule has 0 unspecified atom stereocenters. The summed E-state index contributed by atoms with van der Waals surface area (Å²) < 4.78 is 27.4. The van der Waals surface area contributed by atoms with Gasteiger partial charge in [0.25, 0.3) is 0 Å². The molecule has 0 saturated carbocycles. The van der Waals surface area contributed by atoms with E-state index in [-0.39, 0.29) is 11.3 Å². The van der Waals surface area contributed by atoms with E-state index in [9.17, 15) is 18.3 Å². The van der Waals surface area contributed by atoms with Crippen LogP contribution >= 0.6 is 0 Å². The molecule has 25 heavy (non-hydrogen) atoms. The summed E-state index contributed by atoms with van der Waals surface area (Å²) in [5, 5.41) is 18.4. The van der Waals surface area contributed by atoms with Crippen LogP contribution in [0.2, 0.25) is 0 Å². The first-order chi connectivity index (χ1) is 11.7. The number of nitriles is 1. The lowest BCUT2D eigenvalue weighted by Gasteiger charge is -2.26. The zero-order chi connectivity index (χ0) is 18.7. The summed E-state index contributed by atoms with van der Waals surface area (Å²) in [5.74, 6) is -1.28. The Morgan fingerprint density at radius 1 is 1.16 bits per heavy atom. The van der Waals surface area contributed by atoms with Crippen LogP contribution in [0, 0.1) is 18.3 Å². The summed E-state index contributed by atoms with van der Waals surface area (Å²) in [6.07, 6.45) is -0.0564. The minimum absolute atomic E-state index is 0.00500. The maximum atomic E-state index is 12.5. The van der Waals surface area contributed by atoms with Crippen LogP contribution in [0.1, 0.15) is 23.6 Å². The largest absolute Gasteiger partial charge is 0.480 e. The fourth-order valence-electron chi connectivity index (χ4n) is 2.33. The number of aryl methyl sites for hydroxylation is 1. The van der Waals surface area contributed by atoms with Crippen molar-refractivity contribution in [2.45, 2.75) is 30.7 Å². The lowest BCUT2D eigenvalue weighted by molar-refractivity contribution is -0.143. The van der Waals surface area contributed by atoms with E-state index in [1.54, 1.807) is 36.4 Å². The smallest absolute Gasteiger partial charge is 0.324 e. The Bertz CT molecular complexity index is 913. The van der Waals surface area contributed by atoms with E-state index in [1.807, 2.05) is 13.0 Å². The fraction of sp³-hybridized carbons (Fsp3) is 0.222. The van der Waals surface area contributed by atoms with Crippen LogP contribution in [0.3, 0.4) is 0 Å². The summed E-state index contributed by atoms with van der Waals surface area (Å²) >= 11 is 0. The van der Waals surface area contributed by atoms with E-state index in [0.29, 0.717) is 11.1 Å². The highest BCUT2D eigenvalue weighted by Gasteiger charge is 2.38. The SMILES string of the molecule is Cc1ccc(S(=O)(=O)N[C@@](C)(Cc2ccc(C#N)cc2)C(=O)O)cc1. The summed E-state index contributed by atoms with van der Waals surface area (Å²) in [6, 6.07) is 14.5. The average molecular weight is 358 g/mol. The lowest BCUT2D eigenvalue weighted by atomic mass is 9.94. The molecule has 0 heterocycles. The van der Waals surface area contributed by atoms with Gasteiger partial charge in [-0.3, -0.25) is 4.79 Å². The van der Waals surface area contributed by atoms with Gasteiger partial charge in [-0.25, -0.2) is 8.42 Å². The van der Waals surface area contributed by atoms with Crippen LogP contribution in [0.15, 0.2) is 53.4 Å². The molecule has 0 spiro atoms. The minimum Gasteiger partial charge on any atom is -0.480 e. The molecule has 2 aromatic carbocycles. The first-order valence-corrected chi connectivity index (χ1v) is 8.98. The van der Waals surface area contributed by atoms with E-state index < -0.39 is 21.5 Å². The molecule has 0 fully saturated rings. The van der Waals surface area contributed by atoms with Gasteiger partial charge in [0.05, 0.1) is 16.5 Å². The Balaban J connectivity index is 2.31.